The van der Waals surface area contributed by atoms with Crippen LogP contribution < -0.4 is 10.1 Å². The van der Waals surface area contributed by atoms with Gasteiger partial charge in [0.2, 0.25) is 0 Å². The molecule has 0 aliphatic heterocycles. The van der Waals surface area contributed by atoms with Gasteiger partial charge in [0.15, 0.2) is 0 Å². The maximum Gasteiger partial charge on any atom is 0.137 e. The average Bonchev–Trinajstić information content (AvgIpc) is 2.45. The van der Waals surface area contributed by atoms with Gasteiger partial charge in [-0.2, -0.15) is 0 Å². The maximum atomic E-state index is 13.4. The highest BCUT2D eigenvalue weighted by Crippen LogP contribution is 2.31. The van der Waals surface area contributed by atoms with Gasteiger partial charge in [-0.25, -0.2) is 4.39 Å². The van der Waals surface area contributed by atoms with E-state index in [2.05, 4.69) is 21.2 Å². The summed E-state index contributed by atoms with van der Waals surface area (Å²) in [6, 6.07) is 12.9. The SMILES string of the molecule is CCOc1ccccc1C(NC)c1ccc(F)c(Br)c1. The average molecular weight is 338 g/mol. The number of hydrogen-bond acceptors (Lipinski definition) is 2. The molecule has 0 amide bonds. The third-order valence-electron chi connectivity index (χ3n) is 3.10. The molecule has 1 unspecified atom stereocenters. The van der Waals surface area contributed by atoms with E-state index >= 15 is 0 Å². The van der Waals surface area contributed by atoms with Crippen LogP contribution in [0, 0.1) is 5.82 Å². The second-order valence-electron chi connectivity index (χ2n) is 4.37. The molecule has 0 aliphatic carbocycles. The zero-order chi connectivity index (χ0) is 14.5. The topological polar surface area (TPSA) is 21.3 Å². The second-order valence-corrected chi connectivity index (χ2v) is 5.22. The molecule has 2 aromatic carbocycles. The van der Waals surface area contributed by atoms with Crippen molar-refractivity contribution in [3.8, 4) is 5.75 Å². The fraction of sp³-hybridized carbons (Fsp3) is 0.250. The molecule has 1 atom stereocenters. The lowest BCUT2D eigenvalue weighted by molar-refractivity contribution is 0.334. The summed E-state index contributed by atoms with van der Waals surface area (Å²) in [7, 11) is 1.88. The van der Waals surface area contributed by atoms with E-state index in [9.17, 15) is 4.39 Å². The van der Waals surface area contributed by atoms with E-state index in [0.717, 1.165) is 16.9 Å². The van der Waals surface area contributed by atoms with Crippen molar-refractivity contribution in [2.75, 3.05) is 13.7 Å². The first-order valence-electron chi connectivity index (χ1n) is 6.51. The van der Waals surface area contributed by atoms with Crippen molar-refractivity contribution in [1.29, 1.82) is 0 Å². The van der Waals surface area contributed by atoms with Gasteiger partial charge in [0.1, 0.15) is 11.6 Å². The Morgan fingerprint density at radius 2 is 2.00 bits per heavy atom. The summed E-state index contributed by atoms with van der Waals surface area (Å²) in [5.74, 6) is 0.580. The molecular formula is C16H17BrFNO. The molecule has 0 saturated carbocycles. The van der Waals surface area contributed by atoms with Crippen LogP contribution in [0.4, 0.5) is 4.39 Å². The van der Waals surface area contributed by atoms with Crippen molar-refractivity contribution in [2.24, 2.45) is 0 Å². The Morgan fingerprint density at radius 3 is 2.65 bits per heavy atom. The van der Waals surface area contributed by atoms with Crippen LogP contribution in [0.25, 0.3) is 0 Å². The minimum Gasteiger partial charge on any atom is -0.494 e. The molecule has 0 bridgehead atoms. The molecule has 0 aromatic heterocycles. The van der Waals surface area contributed by atoms with Crippen molar-refractivity contribution < 1.29 is 9.13 Å². The van der Waals surface area contributed by atoms with Gasteiger partial charge in [-0.1, -0.05) is 24.3 Å². The van der Waals surface area contributed by atoms with Gasteiger partial charge in [0, 0.05) is 5.56 Å². The minimum absolute atomic E-state index is 0.0466. The van der Waals surface area contributed by atoms with Crippen molar-refractivity contribution in [2.45, 2.75) is 13.0 Å². The van der Waals surface area contributed by atoms with Gasteiger partial charge in [0.25, 0.3) is 0 Å². The molecule has 0 saturated heterocycles. The summed E-state index contributed by atoms with van der Waals surface area (Å²) >= 11 is 3.23. The molecule has 0 aliphatic rings. The molecule has 4 heteroatoms. The molecule has 0 heterocycles. The summed E-state index contributed by atoms with van der Waals surface area (Å²) in [5, 5.41) is 3.26. The van der Waals surface area contributed by atoms with Gasteiger partial charge in [-0.3, -0.25) is 0 Å². The standard InChI is InChI=1S/C16H17BrFNO/c1-3-20-15-7-5-4-6-12(15)16(19-2)11-8-9-14(18)13(17)10-11/h4-10,16,19H,3H2,1-2H3. The lowest BCUT2D eigenvalue weighted by Gasteiger charge is -2.20. The van der Waals surface area contributed by atoms with Crippen molar-refractivity contribution >= 4 is 15.9 Å². The third-order valence-corrected chi connectivity index (χ3v) is 3.70. The van der Waals surface area contributed by atoms with E-state index in [-0.39, 0.29) is 11.9 Å². The largest absolute Gasteiger partial charge is 0.494 e. The van der Waals surface area contributed by atoms with Crippen molar-refractivity contribution in [3.63, 3.8) is 0 Å². The predicted octanol–water partition coefficient (Wildman–Crippen LogP) is 4.30. The Bertz CT molecular complexity index is 588. The number of ether oxygens (including phenoxy) is 1. The molecule has 0 spiro atoms. The van der Waals surface area contributed by atoms with Crippen LogP contribution in [0.15, 0.2) is 46.9 Å². The Balaban J connectivity index is 2.44. The molecule has 0 radical (unpaired) electrons. The van der Waals surface area contributed by atoms with Gasteiger partial charge >= 0.3 is 0 Å². The van der Waals surface area contributed by atoms with Crippen LogP contribution in [0.5, 0.6) is 5.75 Å². The van der Waals surface area contributed by atoms with Crippen LogP contribution in [-0.4, -0.2) is 13.7 Å². The Morgan fingerprint density at radius 1 is 1.25 bits per heavy atom. The number of halogens is 2. The first-order valence-corrected chi connectivity index (χ1v) is 7.30. The lowest BCUT2D eigenvalue weighted by Crippen LogP contribution is -2.18. The molecule has 1 N–H and O–H groups in total. The number of benzene rings is 2. The number of nitrogens with one attached hydrogen (secondary N) is 1. The molecule has 2 aromatic rings. The maximum absolute atomic E-state index is 13.4. The monoisotopic (exact) mass is 337 g/mol. The summed E-state index contributed by atoms with van der Waals surface area (Å²) in [6.07, 6.45) is 0. The van der Waals surface area contributed by atoms with Crippen molar-refractivity contribution in [1.82, 2.24) is 5.32 Å². The van der Waals surface area contributed by atoms with Gasteiger partial charge < -0.3 is 10.1 Å². The number of hydrogen-bond donors (Lipinski definition) is 1. The Hall–Kier alpha value is -1.39. The van der Waals surface area contributed by atoms with Gasteiger partial charge in [0.05, 0.1) is 17.1 Å². The highest BCUT2D eigenvalue weighted by molar-refractivity contribution is 9.10. The van der Waals surface area contributed by atoms with Gasteiger partial charge in [-0.05, 0) is 53.7 Å². The summed E-state index contributed by atoms with van der Waals surface area (Å²) in [5.41, 5.74) is 2.02. The number of rotatable bonds is 5. The highest BCUT2D eigenvalue weighted by Gasteiger charge is 2.17. The first-order chi connectivity index (χ1) is 9.67. The molecule has 2 rings (SSSR count). The fourth-order valence-electron chi connectivity index (χ4n) is 2.20. The minimum atomic E-state index is -0.262. The van der Waals surface area contributed by atoms with Crippen molar-refractivity contribution in [3.05, 3.63) is 63.9 Å². The van der Waals surface area contributed by atoms with E-state index < -0.39 is 0 Å². The van der Waals surface area contributed by atoms with Crippen LogP contribution in [-0.2, 0) is 0 Å². The van der Waals surface area contributed by atoms with E-state index in [1.807, 2.05) is 38.2 Å². The third kappa shape index (κ3) is 3.19. The number of para-hydroxylation sites is 1. The van der Waals surface area contributed by atoms with E-state index in [1.165, 1.54) is 6.07 Å². The molecule has 106 valence electrons. The molecule has 20 heavy (non-hydrogen) atoms. The van der Waals surface area contributed by atoms with Crippen LogP contribution in [0.3, 0.4) is 0 Å². The van der Waals surface area contributed by atoms with E-state index in [1.54, 1.807) is 12.1 Å². The molecule has 2 nitrogen and oxygen atoms in total. The molecule has 0 fully saturated rings. The predicted molar refractivity (Wildman–Crippen MR) is 82.6 cm³/mol. The summed E-state index contributed by atoms with van der Waals surface area (Å²) in [6.45, 7) is 2.57. The zero-order valence-electron chi connectivity index (χ0n) is 11.5. The second kappa shape index (κ2) is 6.86. The lowest BCUT2D eigenvalue weighted by atomic mass is 9.98. The summed E-state index contributed by atoms with van der Waals surface area (Å²) < 4.78 is 19.5. The quantitative estimate of drug-likeness (QED) is 0.878. The molecular weight excluding hydrogens is 321 g/mol. The van der Waals surface area contributed by atoms with Gasteiger partial charge in [-0.15, -0.1) is 0 Å². The van der Waals surface area contributed by atoms with Crippen LogP contribution in [0.1, 0.15) is 24.1 Å². The highest BCUT2D eigenvalue weighted by atomic mass is 79.9. The summed E-state index contributed by atoms with van der Waals surface area (Å²) in [4.78, 5) is 0. The smallest absolute Gasteiger partial charge is 0.137 e. The van der Waals surface area contributed by atoms with E-state index in [0.29, 0.717) is 11.1 Å². The first kappa shape index (κ1) is 15.0. The van der Waals surface area contributed by atoms with Crippen LogP contribution in [0.2, 0.25) is 0 Å². The Kier molecular flexibility index (Phi) is 5.15. The van der Waals surface area contributed by atoms with Crippen LogP contribution >= 0.6 is 15.9 Å². The zero-order valence-corrected chi connectivity index (χ0v) is 13.1. The normalized spacial score (nSPS) is 12.2. The Labute approximate surface area is 127 Å². The van der Waals surface area contributed by atoms with E-state index in [4.69, 9.17) is 4.74 Å². The fourth-order valence-corrected chi connectivity index (χ4v) is 2.60.